The largest absolute Gasteiger partial charge is 0.305 e. The van der Waals surface area contributed by atoms with Crippen molar-refractivity contribution in [1.82, 2.24) is 5.32 Å². The third kappa shape index (κ3) is 3.47. The molecule has 1 heterocycles. The zero-order valence-electron chi connectivity index (χ0n) is 12.3. The molecule has 0 amide bonds. The first-order valence-corrected chi connectivity index (χ1v) is 7.70. The Labute approximate surface area is 126 Å². The van der Waals surface area contributed by atoms with Crippen LogP contribution in [0.3, 0.4) is 0 Å². The first-order chi connectivity index (χ1) is 9.93. The third-order valence-corrected chi connectivity index (χ3v) is 4.49. The van der Waals surface area contributed by atoms with Crippen molar-refractivity contribution in [2.24, 2.45) is 0 Å². The molecule has 5 heteroatoms. The van der Waals surface area contributed by atoms with E-state index in [4.69, 9.17) is 0 Å². The van der Waals surface area contributed by atoms with Crippen LogP contribution < -0.4 is 5.32 Å². The molecule has 0 fully saturated rings. The zero-order chi connectivity index (χ0) is 15.6. The summed E-state index contributed by atoms with van der Waals surface area (Å²) >= 11 is 1.50. The number of hydrogen-bond acceptors (Lipinski definition) is 2. The van der Waals surface area contributed by atoms with Gasteiger partial charge in [0.25, 0.3) is 0 Å². The lowest BCUT2D eigenvalue weighted by molar-refractivity contribution is 0.488. The summed E-state index contributed by atoms with van der Waals surface area (Å²) in [4.78, 5) is 1.94. The number of hydrogen-bond donors (Lipinski definition) is 1. The second-order valence-corrected chi connectivity index (χ2v) is 6.36. The second-order valence-electron chi connectivity index (χ2n) is 5.07. The summed E-state index contributed by atoms with van der Waals surface area (Å²) in [5, 5.41) is 3.17. The molecule has 0 saturated heterocycles. The molecule has 0 bridgehead atoms. The van der Waals surface area contributed by atoms with Gasteiger partial charge >= 0.3 is 0 Å². The predicted molar refractivity (Wildman–Crippen MR) is 80.2 cm³/mol. The summed E-state index contributed by atoms with van der Waals surface area (Å²) in [6.07, 6.45) is 0.838. The lowest BCUT2D eigenvalue weighted by Crippen LogP contribution is -2.25. The van der Waals surface area contributed by atoms with Gasteiger partial charge in [-0.25, -0.2) is 13.2 Å². The van der Waals surface area contributed by atoms with E-state index < -0.39 is 23.5 Å². The third-order valence-electron chi connectivity index (χ3n) is 3.27. The Bertz CT molecular complexity index is 613. The highest BCUT2D eigenvalue weighted by Gasteiger charge is 2.25. The molecule has 2 rings (SSSR count). The Hall–Kier alpha value is -1.33. The maximum Gasteiger partial charge on any atom is 0.134 e. The van der Waals surface area contributed by atoms with Gasteiger partial charge in [-0.2, -0.15) is 0 Å². The molecule has 21 heavy (non-hydrogen) atoms. The number of benzene rings is 1. The van der Waals surface area contributed by atoms with Crippen molar-refractivity contribution in [2.45, 2.75) is 33.2 Å². The van der Waals surface area contributed by atoms with Crippen molar-refractivity contribution >= 4 is 11.3 Å². The Morgan fingerprint density at radius 2 is 1.71 bits per heavy atom. The monoisotopic (exact) mass is 313 g/mol. The van der Waals surface area contributed by atoms with E-state index in [1.165, 1.54) is 11.3 Å². The molecular weight excluding hydrogens is 295 g/mol. The summed E-state index contributed by atoms with van der Waals surface area (Å²) in [5.41, 5.74) is 0.865. The predicted octanol–water partition coefficient (Wildman–Crippen LogP) is 4.87. The summed E-state index contributed by atoms with van der Waals surface area (Å²) in [6.45, 7) is 6.47. The lowest BCUT2D eigenvalue weighted by atomic mass is 10.0. The lowest BCUT2D eigenvalue weighted by Gasteiger charge is -2.20. The maximum atomic E-state index is 14.1. The average Bonchev–Trinajstić information content (AvgIpc) is 2.71. The van der Waals surface area contributed by atoms with Gasteiger partial charge in [0, 0.05) is 27.5 Å². The Kier molecular flexibility index (Phi) is 5.06. The van der Waals surface area contributed by atoms with Gasteiger partial charge in [0.15, 0.2) is 0 Å². The molecule has 1 nitrogen and oxygen atoms in total. The number of rotatable bonds is 5. The van der Waals surface area contributed by atoms with Crippen molar-refractivity contribution in [1.29, 1.82) is 0 Å². The summed E-state index contributed by atoms with van der Waals surface area (Å²) < 4.78 is 41.3. The van der Waals surface area contributed by atoms with Gasteiger partial charge in [-0.05, 0) is 38.4 Å². The van der Waals surface area contributed by atoms with E-state index in [0.717, 1.165) is 33.9 Å². The number of aryl methyl sites for hydroxylation is 2. The van der Waals surface area contributed by atoms with Gasteiger partial charge in [-0.15, -0.1) is 11.3 Å². The van der Waals surface area contributed by atoms with Crippen molar-refractivity contribution in [3.63, 3.8) is 0 Å². The quantitative estimate of drug-likeness (QED) is 0.830. The van der Waals surface area contributed by atoms with Gasteiger partial charge < -0.3 is 5.32 Å². The fourth-order valence-electron chi connectivity index (χ4n) is 2.39. The van der Waals surface area contributed by atoms with Gasteiger partial charge in [0.1, 0.15) is 17.5 Å². The minimum Gasteiger partial charge on any atom is -0.305 e. The van der Waals surface area contributed by atoms with E-state index >= 15 is 0 Å². The molecule has 0 radical (unpaired) electrons. The highest BCUT2D eigenvalue weighted by molar-refractivity contribution is 7.12. The molecule has 1 N–H and O–H groups in total. The van der Waals surface area contributed by atoms with Crippen LogP contribution in [-0.2, 0) is 0 Å². The number of nitrogens with one attached hydrogen (secondary N) is 1. The van der Waals surface area contributed by atoms with E-state index in [9.17, 15) is 13.2 Å². The summed E-state index contributed by atoms with van der Waals surface area (Å²) in [7, 11) is 0. The van der Waals surface area contributed by atoms with Gasteiger partial charge in [-0.1, -0.05) is 6.92 Å². The molecule has 0 aliphatic heterocycles. The van der Waals surface area contributed by atoms with E-state index in [2.05, 4.69) is 5.32 Å². The fraction of sp³-hybridized carbons (Fsp3) is 0.375. The van der Waals surface area contributed by atoms with Crippen molar-refractivity contribution in [3.05, 3.63) is 56.5 Å². The Morgan fingerprint density at radius 1 is 1.10 bits per heavy atom. The molecule has 1 aromatic carbocycles. The molecule has 0 saturated carbocycles. The van der Waals surface area contributed by atoms with Crippen molar-refractivity contribution in [3.8, 4) is 0 Å². The van der Waals surface area contributed by atoms with Crippen LogP contribution in [0.1, 0.15) is 40.3 Å². The van der Waals surface area contributed by atoms with Gasteiger partial charge in [-0.3, -0.25) is 0 Å². The van der Waals surface area contributed by atoms with Crippen molar-refractivity contribution < 1.29 is 13.2 Å². The van der Waals surface area contributed by atoms with Crippen molar-refractivity contribution in [2.75, 3.05) is 6.54 Å². The van der Waals surface area contributed by atoms with E-state index in [-0.39, 0.29) is 5.56 Å². The Morgan fingerprint density at radius 3 is 2.19 bits per heavy atom. The van der Waals surface area contributed by atoms with Crippen LogP contribution in [0.5, 0.6) is 0 Å². The summed E-state index contributed by atoms with van der Waals surface area (Å²) in [6, 6.07) is 2.85. The maximum absolute atomic E-state index is 14.1. The second kappa shape index (κ2) is 6.62. The van der Waals surface area contributed by atoms with Crippen LogP contribution >= 0.6 is 11.3 Å². The van der Waals surface area contributed by atoms with E-state index in [1.807, 2.05) is 26.8 Å². The van der Waals surface area contributed by atoms with Crippen LogP contribution in [0.2, 0.25) is 0 Å². The minimum absolute atomic E-state index is 0.116. The van der Waals surface area contributed by atoms with E-state index in [1.54, 1.807) is 0 Å². The molecular formula is C16H18F3NS. The Balaban J connectivity index is 2.53. The molecule has 114 valence electrons. The van der Waals surface area contributed by atoms with Crippen LogP contribution in [0.15, 0.2) is 18.2 Å². The molecule has 2 aromatic rings. The van der Waals surface area contributed by atoms with E-state index in [0.29, 0.717) is 6.54 Å². The highest BCUT2D eigenvalue weighted by atomic mass is 32.1. The van der Waals surface area contributed by atoms with Crippen LogP contribution in [0, 0.1) is 31.3 Å². The molecule has 0 aliphatic carbocycles. The van der Waals surface area contributed by atoms with Gasteiger partial charge in [0.05, 0.1) is 6.04 Å². The molecule has 0 aliphatic rings. The summed E-state index contributed by atoms with van der Waals surface area (Å²) in [5.74, 6) is -2.61. The van der Waals surface area contributed by atoms with Crippen LogP contribution in [0.25, 0.3) is 0 Å². The highest BCUT2D eigenvalue weighted by Crippen LogP contribution is 2.34. The molecule has 1 atom stereocenters. The first-order valence-electron chi connectivity index (χ1n) is 6.88. The smallest absolute Gasteiger partial charge is 0.134 e. The average molecular weight is 313 g/mol. The first kappa shape index (κ1) is 16.0. The minimum atomic E-state index is -0.901. The van der Waals surface area contributed by atoms with Crippen LogP contribution in [0.4, 0.5) is 13.2 Å². The number of halogens is 3. The van der Waals surface area contributed by atoms with Crippen LogP contribution in [-0.4, -0.2) is 6.54 Å². The molecule has 1 unspecified atom stereocenters. The molecule has 0 spiro atoms. The normalized spacial score (nSPS) is 12.7. The number of thiophene rings is 1. The van der Waals surface area contributed by atoms with Gasteiger partial charge in [0.2, 0.25) is 0 Å². The standard InChI is InChI=1S/C16H18F3NS/c1-4-5-20-15(16-9(2)6-10(3)21-16)14-12(18)7-11(17)8-13(14)19/h6-8,15,20H,4-5H2,1-3H3. The fourth-order valence-corrected chi connectivity index (χ4v) is 3.51. The topological polar surface area (TPSA) is 12.0 Å². The zero-order valence-corrected chi connectivity index (χ0v) is 13.1. The SMILES string of the molecule is CCCNC(c1sc(C)cc1C)c1c(F)cc(F)cc1F. The molecule has 1 aromatic heterocycles.